The van der Waals surface area contributed by atoms with Gasteiger partial charge in [0.2, 0.25) is 23.6 Å². The number of carbonyl (C=O) groups is 1. The third kappa shape index (κ3) is 12.4. The average Bonchev–Trinajstić information content (AvgIpc) is 4.46. The minimum absolute atomic E-state index is 0.00120. The number of hydrogen-bond donors (Lipinski definition) is 12. The summed E-state index contributed by atoms with van der Waals surface area (Å²) in [5.41, 5.74) is 13.5. The zero-order chi connectivity index (χ0) is 58.7. The van der Waals surface area contributed by atoms with Gasteiger partial charge in [-0.2, -0.15) is 13.6 Å². The quantitative estimate of drug-likeness (QED) is 0.0217. The molecular weight excluding hydrogens is 1170 g/mol. The van der Waals surface area contributed by atoms with Crippen molar-refractivity contribution in [3.8, 4) is 0 Å². The molecule has 3 fully saturated rings. The maximum Gasteiger partial charge on any atom is 0.490 e. The van der Waals surface area contributed by atoms with E-state index in [1.165, 1.54) is 22.5 Å². The number of nitrogen functional groups attached to an aromatic ring is 3. The first kappa shape index (κ1) is 60.0. The molecule has 444 valence electrons. The second-order valence-electron chi connectivity index (χ2n) is 18.5. The number of aryl methyl sites for hydroxylation is 1. The number of nitrogens with one attached hydrogen (secondary N) is 3. The van der Waals surface area contributed by atoms with Gasteiger partial charge in [-0.3, -0.25) is 47.1 Å². The molecule has 0 aromatic carbocycles. The highest BCUT2D eigenvalue weighted by atomic mass is 31.3. The molecule has 0 saturated carbocycles. The van der Waals surface area contributed by atoms with Crippen molar-refractivity contribution < 1.29 is 104 Å². The zero-order valence-electron chi connectivity index (χ0n) is 42.3. The van der Waals surface area contributed by atoms with Gasteiger partial charge in [-0.1, -0.05) is 18.3 Å². The Bertz CT molecular complexity index is 3660. The number of aliphatic hydroxyl groups excluding tert-OH is 3. The number of anilines is 3. The van der Waals surface area contributed by atoms with Crippen LogP contribution in [0, 0.1) is 5.92 Å². The van der Waals surface area contributed by atoms with E-state index in [1.54, 1.807) is 0 Å². The summed E-state index contributed by atoms with van der Waals surface area (Å²) in [7, 11) is -21.2. The number of nitrogens with zero attached hydrogens (tertiary/aromatic N) is 10. The molecule has 0 aliphatic carbocycles. The van der Waals surface area contributed by atoms with E-state index in [0.717, 1.165) is 35.2 Å². The fraction of sp³-hybridized carbons (Fsp3) is 0.579. The molecule has 0 radical (unpaired) electrons. The highest BCUT2D eigenvalue weighted by Crippen LogP contribution is 2.68. The first-order valence-corrected chi connectivity index (χ1v) is 30.1. The third-order valence-corrected chi connectivity index (χ3v) is 19.3. The topological polar surface area (TPSA) is 565 Å². The standard InChI is InChI=1S/C38H54N16O23P4/c1-4-5-6-19(55)42-7-15-16(73-34(23(15)56)54-14-51(2)22-31(54)48-38(41)50-33(22)60)8-71-79(63,64)76-81(67,68)77-80(65,66)72-10-18-27(26(69-3)36(75-18)52-12-45-20-28(39)43-11-44-29(20)52)78(61,62)70-9-17-24(57)25(58)35(74-17)53-13-46-21-30(53)47-37(40)49-32(21)59/h11-18,23-27,34-36,56-58H,4-10H2,1-3H3,(H12-,39,40,41,42,43,44,47,48,49,50,55,59,60,61,62,63,64,65,66,67,68)/t15-,16-,17-,18-,23-,24-,25-,26-,27-,34-,35-,36-/m1/s1. The van der Waals surface area contributed by atoms with Crippen LogP contribution in [-0.2, 0) is 71.2 Å². The lowest BCUT2D eigenvalue weighted by molar-refractivity contribution is -0.745. The maximum atomic E-state index is 14.4. The molecule has 3 aliphatic rings. The van der Waals surface area contributed by atoms with E-state index in [0.29, 0.717) is 12.8 Å². The van der Waals surface area contributed by atoms with Crippen LogP contribution in [0.5, 0.6) is 0 Å². The van der Waals surface area contributed by atoms with Gasteiger partial charge in [-0.25, -0.2) is 38.2 Å². The number of carbonyl (C=O) groups excluding carboxylic acids is 1. The summed E-state index contributed by atoms with van der Waals surface area (Å²) in [6, 6.07) is 0. The molecule has 43 heteroatoms. The number of fused-ring (bicyclic) bond motifs is 3. The van der Waals surface area contributed by atoms with E-state index < -0.39 is 141 Å². The maximum absolute atomic E-state index is 14.4. The van der Waals surface area contributed by atoms with Crippen molar-refractivity contribution in [2.75, 3.05) is 50.7 Å². The van der Waals surface area contributed by atoms with E-state index >= 15 is 0 Å². The molecule has 15 N–H and O–H groups in total. The number of ether oxygens (including phenoxy) is 4. The number of hydrogen-bond acceptors (Lipinski definition) is 29. The molecule has 6 aromatic heterocycles. The smallest absolute Gasteiger partial charge is 0.490 e. The fourth-order valence-electron chi connectivity index (χ4n) is 9.47. The number of unbranched alkanes of at least 4 members (excludes halogenated alkanes) is 1. The highest BCUT2D eigenvalue weighted by Gasteiger charge is 2.55. The number of aromatic amines is 2. The Morgan fingerprint density at radius 2 is 1.41 bits per heavy atom. The number of amides is 1. The van der Waals surface area contributed by atoms with Crippen molar-refractivity contribution in [3.05, 3.63) is 46.0 Å². The molecule has 3 saturated heterocycles. The minimum Gasteiger partial charge on any atom is -0.778 e. The van der Waals surface area contributed by atoms with Gasteiger partial charge < -0.3 is 85.4 Å². The molecule has 39 nitrogen and oxygen atoms in total. The first-order valence-electron chi connectivity index (χ1n) is 24.0. The van der Waals surface area contributed by atoms with E-state index in [9.17, 15) is 67.5 Å². The lowest BCUT2D eigenvalue weighted by atomic mass is 9.98. The predicted octanol–water partition coefficient (Wildman–Crippen LogP) is -3.71. The number of imidazole rings is 3. The monoisotopic (exact) mass is 1230 g/mol. The molecule has 4 unspecified atom stereocenters. The SMILES string of the molecule is CCCCC(=O)NC[C@H]1[C@@H](O)[C@H]([n+]2cn(C)c3c(=O)[nH]c(N)nc32)O[C@@H]1COP(=O)(O)OP(=O)(O)OP(=O)(O)OC[C@H]1O[C@@H](n2cnc3c(N)ncnc32)[C@H](OC)[C@@H]1P(=O)([O-])OC[C@H]1O[C@@H](n2cnc3c(=O)[nH]c(N)nc32)[C@H](O)[C@@H]1O. The van der Waals surface area contributed by atoms with E-state index in [4.69, 9.17) is 49.7 Å². The van der Waals surface area contributed by atoms with Crippen LogP contribution in [0.4, 0.5) is 17.7 Å². The average molecular weight is 1230 g/mol. The summed E-state index contributed by atoms with van der Waals surface area (Å²) < 4.78 is 106. The molecule has 3 aliphatic heterocycles. The van der Waals surface area contributed by atoms with Crippen LogP contribution in [0.2, 0.25) is 0 Å². The second-order valence-corrected chi connectivity index (χ2v) is 25.1. The molecule has 6 aromatic rings. The molecule has 81 heavy (non-hydrogen) atoms. The number of phosphoric ester groups is 2. The molecule has 0 bridgehead atoms. The lowest BCUT2D eigenvalue weighted by Gasteiger charge is -2.35. The van der Waals surface area contributed by atoms with Crippen molar-refractivity contribution in [2.45, 2.75) is 93.3 Å². The molecule has 9 heterocycles. The summed E-state index contributed by atoms with van der Waals surface area (Å²) in [5.74, 6) is -2.32. The summed E-state index contributed by atoms with van der Waals surface area (Å²) in [5, 5.41) is 36.2. The number of aromatic nitrogens is 12. The van der Waals surface area contributed by atoms with Crippen LogP contribution in [0.15, 0.2) is 34.9 Å². The highest BCUT2D eigenvalue weighted by molar-refractivity contribution is 7.66. The van der Waals surface area contributed by atoms with Gasteiger partial charge >= 0.3 is 29.1 Å². The Hall–Kier alpha value is -5.60. The van der Waals surface area contributed by atoms with Crippen molar-refractivity contribution in [2.24, 2.45) is 13.0 Å². The molecule has 1 amide bonds. The number of H-pyrrole nitrogens is 2. The Labute approximate surface area is 452 Å². The van der Waals surface area contributed by atoms with Gasteiger partial charge in [0.1, 0.15) is 50.0 Å². The van der Waals surface area contributed by atoms with E-state index in [2.05, 4.69) is 53.8 Å². The van der Waals surface area contributed by atoms with Gasteiger partial charge in [-0.05, 0) is 6.42 Å². The normalized spacial score (nSPS) is 29.0. The first-order chi connectivity index (χ1) is 38.1. The molecule has 0 spiro atoms. The Kier molecular flexibility index (Phi) is 17.2. The van der Waals surface area contributed by atoms with Crippen molar-refractivity contribution in [3.63, 3.8) is 0 Å². The molecular formula is C38H54N16O23P4. The molecule has 9 rings (SSSR count). The van der Waals surface area contributed by atoms with Crippen LogP contribution in [0.1, 0.15) is 44.9 Å². The summed E-state index contributed by atoms with van der Waals surface area (Å²) in [4.78, 5) is 113. The van der Waals surface area contributed by atoms with Crippen molar-refractivity contribution >= 4 is 88.2 Å². The van der Waals surface area contributed by atoms with Crippen LogP contribution >= 0.6 is 31.1 Å². The van der Waals surface area contributed by atoms with E-state index in [-0.39, 0.29) is 64.2 Å². The lowest BCUT2D eigenvalue weighted by Crippen LogP contribution is -2.46. The number of rotatable bonds is 23. The van der Waals surface area contributed by atoms with Crippen LogP contribution in [0.3, 0.4) is 0 Å². The number of methoxy groups -OCH3 is 1. The van der Waals surface area contributed by atoms with Gasteiger partial charge in [0.25, 0.3) is 17.1 Å². The Morgan fingerprint density at radius 1 is 0.790 bits per heavy atom. The van der Waals surface area contributed by atoms with Crippen molar-refractivity contribution in [1.29, 1.82) is 0 Å². The van der Waals surface area contributed by atoms with Crippen LogP contribution in [-0.4, -0.2) is 171 Å². The third-order valence-electron chi connectivity index (χ3n) is 13.2. The largest absolute Gasteiger partial charge is 0.778 e. The van der Waals surface area contributed by atoms with Crippen molar-refractivity contribution in [1.82, 2.24) is 58.9 Å². The van der Waals surface area contributed by atoms with Gasteiger partial charge in [0.05, 0.1) is 57.4 Å². The Morgan fingerprint density at radius 3 is 2.09 bits per heavy atom. The number of nitrogens with two attached hydrogens (primary N) is 3. The van der Waals surface area contributed by atoms with E-state index in [1.807, 2.05) is 6.92 Å². The number of aliphatic hydroxyl groups is 3. The fourth-order valence-corrected chi connectivity index (χ4v) is 14.7. The van der Waals surface area contributed by atoms with Gasteiger partial charge in [0.15, 0.2) is 41.4 Å². The van der Waals surface area contributed by atoms with Gasteiger partial charge in [-0.15, -0.1) is 0 Å². The van der Waals surface area contributed by atoms with Crippen LogP contribution in [0.25, 0.3) is 33.5 Å². The molecule has 16 atom stereocenters. The van der Waals surface area contributed by atoms with Gasteiger partial charge in [0, 0.05) is 26.0 Å². The summed E-state index contributed by atoms with van der Waals surface area (Å²) >= 11 is 0. The summed E-state index contributed by atoms with van der Waals surface area (Å²) in [6.07, 6.45) is -10.7. The Balaban J connectivity index is 0.893. The second kappa shape index (κ2) is 23.2. The predicted molar refractivity (Wildman–Crippen MR) is 266 cm³/mol. The van der Waals surface area contributed by atoms with Crippen LogP contribution < -0.4 is 43.1 Å². The minimum atomic E-state index is -6.26. The zero-order valence-corrected chi connectivity index (χ0v) is 45.9. The number of phosphoric acid groups is 3. The summed E-state index contributed by atoms with van der Waals surface area (Å²) in [6.45, 7) is -1.89.